The fraction of sp³-hybridized carbons (Fsp3) is 0.294. The van der Waals surface area contributed by atoms with Gasteiger partial charge in [-0.3, -0.25) is 5.01 Å². The molecule has 0 fully saturated rings. The number of hydrogen-bond acceptors (Lipinski definition) is 6. The Labute approximate surface area is 141 Å². The molecule has 0 radical (unpaired) electrons. The quantitative estimate of drug-likeness (QED) is 0.450. The molecular weight excluding hydrogens is 308 g/mol. The van der Waals surface area contributed by atoms with Crippen LogP contribution in [0, 0.1) is 0 Å². The van der Waals surface area contributed by atoms with E-state index in [2.05, 4.69) is 21.7 Å². The zero-order valence-corrected chi connectivity index (χ0v) is 14.1. The van der Waals surface area contributed by atoms with E-state index in [1.807, 2.05) is 13.0 Å². The molecule has 7 nitrogen and oxygen atoms in total. The van der Waals surface area contributed by atoms with Crippen molar-refractivity contribution in [2.75, 3.05) is 7.05 Å². The number of ether oxygens (including phenoxy) is 1. The second kappa shape index (κ2) is 9.94. The number of aromatic nitrogens is 1. The maximum Gasteiger partial charge on any atom is 0.354 e. The minimum Gasteiger partial charge on any atom is -0.477 e. The molecule has 1 rings (SSSR count). The lowest BCUT2D eigenvalue weighted by atomic mass is 10.2. The van der Waals surface area contributed by atoms with Crippen LogP contribution in [0.2, 0.25) is 0 Å². The number of pyridine rings is 1. The molecule has 1 aromatic heterocycles. The lowest BCUT2D eigenvalue weighted by Gasteiger charge is -2.14. The molecule has 0 aliphatic rings. The number of carbonyl (C=O) groups is 1. The van der Waals surface area contributed by atoms with Crippen molar-refractivity contribution >= 4 is 18.1 Å². The average molecular weight is 330 g/mol. The number of aliphatic imine (C=N–C) groups is 1. The Hall–Kier alpha value is -2.96. The van der Waals surface area contributed by atoms with Crippen molar-refractivity contribution in [2.45, 2.75) is 26.4 Å². The first-order valence-corrected chi connectivity index (χ1v) is 7.46. The molecule has 0 bridgehead atoms. The van der Waals surface area contributed by atoms with Gasteiger partial charge in [0.25, 0.3) is 0 Å². The SMILES string of the molecule is C=CN(C)/N=C\[C@H](C)O/C(=N\C=C\CC)c1ccnc(C(=O)O)c1. The van der Waals surface area contributed by atoms with Gasteiger partial charge in [0, 0.05) is 31.2 Å². The van der Waals surface area contributed by atoms with Crippen LogP contribution in [0.4, 0.5) is 0 Å². The summed E-state index contributed by atoms with van der Waals surface area (Å²) in [6, 6.07) is 3.06. The van der Waals surface area contributed by atoms with Crippen molar-refractivity contribution in [3.8, 4) is 0 Å². The average Bonchev–Trinajstić information content (AvgIpc) is 2.59. The maximum atomic E-state index is 11.1. The zero-order chi connectivity index (χ0) is 17.9. The van der Waals surface area contributed by atoms with Gasteiger partial charge in [0.05, 0.1) is 6.21 Å². The highest BCUT2D eigenvalue weighted by Gasteiger charge is 2.12. The van der Waals surface area contributed by atoms with Gasteiger partial charge in [-0.05, 0) is 25.5 Å². The van der Waals surface area contributed by atoms with E-state index in [1.165, 1.54) is 12.3 Å². The highest BCUT2D eigenvalue weighted by Crippen LogP contribution is 2.08. The van der Waals surface area contributed by atoms with Gasteiger partial charge in [0.1, 0.15) is 11.8 Å². The molecule has 0 spiro atoms. The first kappa shape index (κ1) is 19.1. The summed E-state index contributed by atoms with van der Waals surface area (Å²) < 4.78 is 5.78. The fourth-order valence-corrected chi connectivity index (χ4v) is 1.53. The smallest absolute Gasteiger partial charge is 0.354 e. The topological polar surface area (TPSA) is 87.4 Å². The minimum atomic E-state index is -1.11. The van der Waals surface area contributed by atoms with Crippen molar-refractivity contribution in [3.63, 3.8) is 0 Å². The zero-order valence-electron chi connectivity index (χ0n) is 14.1. The third-order valence-electron chi connectivity index (χ3n) is 2.78. The van der Waals surface area contributed by atoms with Gasteiger partial charge in [-0.2, -0.15) is 5.10 Å². The second-order valence-electron chi connectivity index (χ2n) is 4.81. The molecule has 1 atom stereocenters. The summed E-state index contributed by atoms with van der Waals surface area (Å²) in [5, 5.41) is 14.7. The third kappa shape index (κ3) is 6.43. The molecule has 1 heterocycles. The molecule has 0 saturated heterocycles. The Balaban J connectivity index is 3.04. The summed E-state index contributed by atoms with van der Waals surface area (Å²) in [4.78, 5) is 19.1. The van der Waals surface area contributed by atoms with Crippen LogP contribution in [0.25, 0.3) is 0 Å². The van der Waals surface area contributed by atoms with Gasteiger partial charge >= 0.3 is 5.97 Å². The van der Waals surface area contributed by atoms with E-state index >= 15 is 0 Å². The predicted molar refractivity (Wildman–Crippen MR) is 94.2 cm³/mol. The van der Waals surface area contributed by atoms with Gasteiger partial charge in [0.2, 0.25) is 5.90 Å². The summed E-state index contributed by atoms with van der Waals surface area (Å²) in [7, 11) is 1.75. The van der Waals surface area contributed by atoms with Crippen LogP contribution in [0.1, 0.15) is 36.3 Å². The molecule has 0 aromatic carbocycles. The van der Waals surface area contributed by atoms with Crippen LogP contribution >= 0.6 is 0 Å². The summed E-state index contributed by atoms with van der Waals surface area (Å²) >= 11 is 0. The van der Waals surface area contributed by atoms with Gasteiger partial charge in [0.15, 0.2) is 0 Å². The Morgan fingerprint density at radius 1 is 1.58 bits per heavy atom. The molecule has 0 amide bonds. The van der Waals surface area contributed by atoms with Crippen LogP contribution in [-0.2, 0) is 4.74 Å². The number of aromatic carboxylic acids is 1. The number of nitrogens with zero attached hydrogens (tertiary/aromatic N) is 4. The van der Waals surface area contributed by atoms with Gasteiger partial charge in [-0.25, -0.2) is 14.8 Å². The number of hydrazone groups is 1. The van der Waals surface area contributed by atoms with Crippen molar-refractivity contribution in [1.29, 1.82) is 0 Å². The Morgan fingerprint density at radius 3 is 2.96 bits per heavy atom. The van der Waals surface area contributed by atoms with E-state index in [4.69, 9.17) is 9.84 Å². The number of allylic oxidation sites excluding steroid dienone is 1. The highest BCUT2D eigenvalue weighted by molar-refractivity contribution is 5.97. The van der Waals surface area contributed by atoms with E-state index in [-0.39, 0.29) is 11.8 Å². The number of hydrogen-bond donors (Lipinski definition) is 1. The minimum absolute atomic E-state index is 0.0732. The van der Waals surface area contributed by atoms with Crippen LogP contribution in [0.3, 0.4) is 0 Å². The molecule has 1 aromatic rings. The first-order chi connectivity index (χ1) is 11.5. The predicted octanol–water partition coefficient (Wildman–Crippen LogP) is 2.92. The van der Waals surface area contributed by atoms with Crippen molar-refractivity contribution in [1.82, 2.24) is 9.99 Å². The first-order valence-electron chi connectivity index (χ1n) is 7.46. The van der Waals surface area contributed by atoms with Gasteiger partial charge in [-0.15, -0.1) is 0 Å². The van der Waals surface area contributed by atoms with E-state index in [1.54, 1.807) is 43.7 Å². The van der Waals surface area contributed by atoms with Crippen LogP contribution in [-0.4, -0.2) is 46.3 Å². The Morgan fingerprint density at radius 2 is 2.33 bits per heavy atom. The van der Waals surface area contributed by atoms with Crippen molar-refractivity contribution in [3.05, 3.63) is 54.6 Å². The number of rotatable bonds is 8. The Bertz CT molecular complexity index is 653. The lowest BCUT2D eigenvalue weighted by Crippen LogP contribution is -2.19. The highest BCUT2D eigenvalue weighted by atomic mass is 16.5. The fourth-order valence-electron chi connectivity index (χ4n) is 1.53. The van der Waals surface area contributed by atoms with Crippen LogP contribution < -0.4 is 0 Å². The molecule has 0 unspecified atom stereocenters. The molecular formula is C17H22N4O3. The van der Waals surface area contributed by atoms with Crippen molar-refractivity contribution in [2.24, 2.45) is 10.1 Å². The van der Waals surface area contributed by atoms with E-state index in [0.29, 0.717) is 11.5 Å². The lowest BCUT2D eigenvalue weighted by molar-refractivity contribution is 0.0690. The monoisotopic (exact) mass is 330 g/mol. The molecule has 128 valence electrons. The number of carboxylic acid groups (broad SMARTS) is 1. The third-order valence-corrected chi connectivity index (χ3v) is 2.78. The standard InChI is InChI=1S/C17H22N4O3/c1-5-7-9-19-16(24-13(3)12-20-21(4)6-2)14-8-10-18-15(11-14)17(22)23/h6-13H,2,5H2,1,3-4H3,(H,22,23)/b9-7+,19-16-,20-12-/t13-/m0/s1. The second-order valence-corrected chi connectivity index (χ2v) is 4.81. The largest absolute Gasteiger partial charge is 0.477 e. The molecule has 1 N–H and O–H groups in total. The maximum absolute atomic E-state index is 11.1. The van der Waals surface area contributed by atoms with Crippen molar-refractivity contribution < 1.29 is 14.6 Å². The van der Waals surface area contributed by atoms with Gasteiger partial charge < -0.3 is 9.84 Å². The van der Waals surface area contributed by atoms with E-state index in [9.17, 15) is 4.79 Å². The van der Waals surface area contributed by atoms with E-state index < -0.39 is 5.97 Å². The molecule has 24 heavy (non-hydrogen) atoms. The van der Waals surface area contributed by atoms with E-state index in [0.717, 1.165) is 6.42 Å². The summed E-state index contributed by atoms with van der Waals surface area (Å²) in [6.45, 7) is 7.39. The Kier molecular flexibility index (Phi) is 7.90. The van der Waals surface area contributed by atoms with Crippen LogP contribution in [0.15, 0.2) is 53.5 Å². The molecule has 0 aliphatic heterocycles. The molecule has 0 aliphatic carbocycles. The number of carboxylic acids is 1. The molecule has 0 saturated carbocycles. The van der Waals surface area contributed by atoms with Gasteiger partial charge in [-0.1, -0.05) is 19.6 Å². The summed E-state index contributed by atoms with van der Waals surface area (Å²) in [5.74, 6) is -0.813. The summed E-state index contributed by atoms with van der Waals surface area (Å²) in [6.07, 6.45) is 8.51. The van der Waals surface area contributed by atoms with Crippen LogP contribution in [0.5, 0.6) is 0 Å². The normalized spacial score (nSPS) is 13.2. The summed E-state index contributed by atoms with van der Waals surface area (Å²) in [5.41, 5.74) is 0.455. The molecule has 7 heteroatoms.